The quantitative estimate of drug-likeness (QED) is 0.403. The summed E-state index contributed by atoms with van der Waals surface area (Å²) in [7, 11) is 0. The average Bonchev–Trinajstić information content (AvgIpc) is 2.21. The molecule has 0 bridgehead atoms. The first-order chi connectivity index (χ1) is 7.11. The molecule has 0 aliphatic rings. The molecule has 0 aliphatic carbocycles. The molecule has 0 unspecified atom stereocenters. The van der Waals surface area contributed by atoms with Crippen molar-refractivity contribution in [3.05, 3.63) is 36.0 Å². The zero-order valence-corrected chi connectivity index (χ0v) is 10.8. The molecule has 0 aliphatic heterocycles. The highest BCUT2D eigenvalue weighted by Gasteiger charge is 1.97. The predicted octanol–water partition coefficient (Wildman–Crippen LogP) is 3.43. The fourth-order valence-corrected chi connectivity index (χ4v) is 1.25. The predicted molar refractivity (Wildman–Crippen MR) is 73.5 cm³/mol. The van der Waals surface area contributed by atoms with Gasteiger partial charge in [0.15, 0.2) is 0 Å². The number of thiocarbonyl (C=S) groups is 1. The second-order valence-electron chi connectivity index (χ2n) is 3.53. The number of allylic oxidation sites excluding steroid dienone is 3. The standard InChI is InChI=1S/C13H21NS/c1-5-7-13(11(3)6-2)10-14-9-8-12(4)15/h5-7,14H,1,8-10H2,2-4H3/b11-6-,13-7-. The Morgan fingerprint density at radius 3 is 2.53 bits per heavy atom. The number of hydrogen-bond donors (Lipinski definition) is 1. The van der Waals surface area contributed by atoms with Gasteiger partial charge in [0, 0.05) is 6.54 Å². The van der Waals surface area contributed by atoms with Gasteiger partial charge in [-0.15, -0.1) is 0 Å². The molecule has 1 N–H and O–H groups in total. The largest absolute Gasteiger partial charge is 0.312 e. The molecule has 0 amide bonds. The molecule has 0 aromatic rings. The van der Waals surface area contributed by atoms with E-state index in [0.29, 0.717) is 0 Å². The lowest BCUT2D eigenvalue weighted by Gasteiger charge is -2.08. The molecule has 1 nitrogen and oxygen atoms in total. The van der Waals surface area contributed by atoms with Crippen molar-refractivity contribution in [3.63, 3.8) is 0 Å². The molecule has 2 heteroatoms. The minimum absolute atomic E-state index is 0.880. The Bertz CT molecular complexity index is 274. The van der Waals surface area contributed by atoms with Gasteiger partial charge in [-0.1, -0.05) is 42.6 Å². The van der Waals surface area contributed by atoms with Crippen LogP contribution in [0.15, 0.2) is 36.0 Å². The van der Waals surface area contributed by atoms with Gasteiger partial charge >= 0.3 is 0 Å². The van der Waals surface area contributed by atoms with Gasteiger partial charge in [-0.3, -0.25) is 0 Å². The van der Waals surface area contributed by atoms with E-state index >= 15 is 0 Å². The first-order valence-electron chi connectivity index (χ1n) is 5.26. The van der Waals surface area contributed by atoms with Crippen molar-refractivity contribution in [2.75, 3.05) is 13.1 Å². The van der Waals surface area contributed by atoms with Crippen LogP contribution in [-0.4, -0.2) is 18.0 Å². The van der Waals surface area contributed by atoms with Crippen LogP contribution in [0.4, 0.5) is 0 Å². The van der Waals surface area contributed by atoms with Crippen LogP contribution in [0, 0.1) is 0 Å². The van der Waals surface area contributed by atoms with E-state index in [1.807, 2.05) is 26.0 Å². The minimum atomic E-state index is 0.880. The Morgan fingerprint density at radius 2 is 2.07 bits per heavy atom. The Kier molecular flexibility index (Phi) is 8.15. The van der Waals surface area contributed by atoms with E-state index in [9.17, 15) is 0 Å². The first-order valence-corrected chi connectivity index (χ1v) is 5.67. The van der Waals surface area contributed by atoms with Gasteiger partial charge in [-0.25, -0.2) is 0 Å². The highest BCUT2D eigenvalue weighted by Crippen LogP contribution is 2.07. The normalized spacial score (nSPS) is 12.7. The van der Waals surface area contributed by atoms with E-state index < -0.39 is 0 Å². The van der Waals surface area contributed by atoms with Crippen molar-refractivity contribution in [3.8, 4) is 0 Å². The van der Waals surface area contributed by atoms with Gasteiger partial charge in [-0.05, 0) is 44.2 Å². The number of hydrogen-bond acceptors (Lipinski definition) is 2. The highest BCUT2D eigenvalue weighted by molar-refractivity contribution is 7.80. The maximum Gasteiger partial charge on any atom is 0.0208 e. The lowest BCUT2D eigenvalue weighted by Crippen LogP contribution is -2.20. The third-order valence-corrected chi connectivity index (χ3v) is 2.43. The molecule has 0 aromatic carbocycles. The van der Waals surface area contributed by atoms with Gasteiger partial charge in [0.05, 0.1) is 0 Å². The highest BCUT2D eigenvalue weighted by atomic mass is 32.1. The third-order valence-electron chi connectivity index (χ3n) is 2.23. The second kappa shape index (κ2) is 8.57. The van der Waals surface area contributed by atoms with Crippen LogP contribution in [-0.2, 0) is 0 Å². The first kappa shape index (κ1) is 14.3. The van der Waals surface area contributed by atoms with Crippen molar-refractivity contribution >= 4 is 17.1 Å². The molecular formula is C13H21NS. The van der Waals surface area contributed by atoms with E-state index in [-0.39, 0.29) is 0 Å². The molecule has 0 heterocycles. The summed E-state index contributed by atoms with van der Waals surface area (Å²) in [6, 6.07) is 0. The summed E-state index contributed by atoms with van der Waals surface area (Å²) in [5.74, 6) is 0. The summed E-state index contributed by atoms with van der Waals surface area (Å²) < 4.78 is 0. The van der Waals surface area contributed by atoms with Crippen LogP contribution in [0.25, 0.3) is 0 Å². The van der Waals surface area contributed by atoms with Crippen molar-refractivity contribution in [1.82, 2.24) is 5.32 Å². The molecule has 0 fully saturated rings. The molecule has 0 rings (SSSR count). The van der Waals surface area contributed by atoms with Crippen LogP contribution in [0.2, 0.25) is 0 Å². The fraction of sp³-hybridized carbons (Fsp3) is 0.462. The SMILES string of the molecule is C=C/C=C(CNCCC(C)=S)\C(C)=C/C. The monoisotopic (exact) mass is 223 g/mol. The Hall–Kier alpha value is -0.730. The maximum atomic E-state index is 5.02. The van der Waals surface area contributed by atoms with E-state index in [4.69, 9.17) is 12.2 Å². The van der Waals surface area contributed by atoms with E-state index in [1.54, 1.807) is 0 Å². The lowest BCUT2D eigenvalue weighted by atomic mass is 10.1. The zero-order chi connectivity index (χ0) is 11.7. The third kappa shape index (κ3) is 7.23. The Morgan fingerprint density at radius 1 is 1.40 bits per heavy atom. The lowest BCUT2D eigenvalue weighted by molar-refractivity contribution is 0.754. The van der Waals surface area contributed by atoms with E-state index in [2.05, 4.69) is 24.9 Å². The zero-order valence-electron chi connectivity index (χ0n) is 9.97. The van der Waals surface area contributed by atoms with Crippen molar-refractivity contribution in [2.24, 2.45) is 0 Å². The molecule has 0 saturated heterocycles. The summed E-state index contributed by atoms with van der Waals surface area (Å²) in [6.07, 6.45) is 6.95. The van der Waals surface area contributed by atoms with Crippen molar-refractivity contribution in [1.29, 1.82) is 0 Å². The number of rotatable bonds is 7. The van der Waals surface area contributed by atoms with Gasteiger partial charge in [-0.2, -0.15) is 0 Å². The topological polar surface area (TPSA) is 12.0 Å². The van der Waals surface area contributed by atoms with Gasteiger partial charge < -0.3 is 5.32 Å². The van der Waals surface area contributed by atoms with Crippen LogP contribution in [0.1, 0.15) is 27.2 Å². The van der Waals surface area contributed by atoms with Crippen molar-refractivity contribution < 1.29 is 0 Å². The smallest absolute Gasteiger partial charge is 0.0208 e. The van der Waals surface area contributed by atoms with Crippen LogP contribution in [0.3, 0.4) is 0 Å². The maximum absolute atomic E-state index is 5.02. The summed E-state index contributed by atoms with van der Waals surface area (Å²) in [5, 5.41) is 3.37. The van der Waals surface area contributed by atoms with E-state index in [0.717, 1.165) is 24.4 Å². The summed E-state index contributed by atoms with van der Waals surface area (Å²) in [6.45, 7) is 11.7. The van der Waals surface area contributed by atoms with Gasteiger partial charge in [0.25, 0.3) is 0 Å². The van der Waals surface area contributed by atoms with Gasteiger partial charge in [0.1, 0.15) is 0 Å². The molecule has 0 spiro atoms. The summed E-state index contributed by atoms with van der Waals surface area (Å²) in [4.78, 5) is 1.06. The summed E-state index contributed by atoms with van der Waals surface area (Å²) in [5.41, 5.74) is 2.58. The number of nitrogens with one attached hydrogen (secondary N) is 1. The average molecular weight is 223 g/mol. The van der Waals surface area contributed by atoms with Crippen LogP contribution < -0.4 is 5.32 Å². The van der Waals surface area contributed by atoms with Crippen LogP contribution >= 0.6 is 12.2 Å². The van der Waals surface area contributed by atoms with Crippen LogP contribution in [0.5, 0.6) is 0 Å². The Balaban J connectivity index is 4.04. The Labute approximate surface area is 99.0 Å². The molecule has 0 saturated carbocycles. The van der Waals surface area contributed by atoms with Gasteiger partial charge in [0.2, 0.25) is 0 Å². The summed E-state index contributed by atoms with van der Waals surface area (Å²) >= 11 is 5.02. The molecule has 15 heavy (non-hydrogen) atoms. The molecule has 84 valence electrons. The molecule has 0 radical (unpaired) electrons. The second-order valence-corrected chi connectivity index (χ2v) is 4.23. The van der Waals surface area contributed by atoms with Crippen molar-refractivity contribution in [2.45, 2.75) is 27.2 Å². The molecular weight excluding hydrogens is 202 g/mol. The molecule has 0 atom stereocenters. The molecule has 0 aromatic heterocycles. The minimum Gasteiger partial charge on any atom is -0.312 e. The van der Waals surface area contributed by atoms with E-state index in [1.165, 1.54) is 11.1 Å². The fourth-order valence-electron chi connectivity index (χ4n) is 1.14.